The normalized spacial score (nSPS) is 21.9. The van der Waals surface area contributed by atoms with Gasteiger partial charge in [0.2, 0.25) is 5.91 Å². The number of thioether (sulfide) groups is 2. The van der Waals surface area contributed by atoms with Gasteiger partial charge in [-0.15, -0.1) is 11.8 Å². The largest absolute Gasteiger partial charge is 0.480 e. The van der Waals surface area contributed by atoms with E-state index in [1.54, 1.807) is 0 Å². The van der Waals surface area contributed by atoms with E-state index in [1.807, 2.05) is 13.8 Å². The molecule has 0 aromatic heterocycles. The van der Waals surface area contributed by atoms with Crippen LogP contribution in [0.4, 0.5) is 0 Å². The summed E-state index contributed by atoms with van der Waals surface area (Å²) in [6.45, 7) is 5.14. The van der Waals surface area contributed by atoms with Crippen LogP contribution < -0.4 is 0 Å². The quantitative estimate of drug-likeness (QED) is 0.844. The van der Waals surface area contributed by atoms with Crippen LogP contribution in [-0.4, -0.2) is 49.4 Å². The zero-order valence-corrected chi connectivity index (χ0v) is 12.3. The third kappa shape index (κ3) is 3.65. The van der Waals surface area contributed by atoms with Crippen molar-refractivity contribution in [1.82, 2.24) is 4.90 Å². The van der Waals surface area contributed by atoms with Crippen LogP contribution in [0.1, 0.15) is 27.2 Å². The van der Waals surface area contributed by atoms with Crippen molar-refractivity contribution in [3.8, 4) is 0 Å². The Bertz CT molecular complexity index is 370. The molecule has 1 atom stereocenters. The van der Waals surface area contributed by atoms with Crippen molar-refractivity contribution in [1.29, 1.82) is 0 Å². The van der Waals surface area contributed by atoms with E-state index in [0.717, 1.165) is 11.8 Å². The molecule has 1 aliphatic heterocycles. The molecule has 0 aliphatic carbocycles. The van der Waals surface area contributed by atoms with Gasteiger partial charge in [-0.05, 0) is 13.8 Å². The van der Waals surface area contributed by atoms with Gasteiger partial charge in [-0.1, -0.05) is 11.8 Å². The zero-order valence-electron chi connectivity index (χ0n) is 10.6. The van der Waals surface area contributed by atoms with Crippen molar-refractivity contribution in [2.45, 2.75) is 38.1 Å². The summed E-state index contributed by atoms with van der Waals surface area (Å²) in [4.78, 5) is 34.9. The molecule has 1 amide bonds. The molecule has 1 saturated heterocycles. The summed E-state index contributed by atoms with van der Waals surface area (Å²) in [5.41, 5.74) is 0. The Morgan fingerprint density at radius 2 is 2.06 bits per heavy atom. The van der Waals surface area contributed by atoms with Crippen LogP contribution in [0.25, 0.3) is 0 Å². The molecular formula is C11H17NO4S2. The first-order chi connectivity index (χ1) is 8.25. The predicted octanol–water partition coefficient (Wildman–Crippen LogP) is 1.42. The van der Waals surface area contributed by atoms with Gasteiger partial charge in [0.05, 0.1) is 4.87 Å². The molecule has 0 saturated carbocycles. The van der Waals surface area contributed by atoms with Gasteiger partial charge in [-0.3, -0.25) is 9.59 Å². The molecule has 0 bridgehead atoms. The average molecular weight is 291 g/mol. The molecule has 18 heavy (non-hydrogen) atoms. The Morgan fingerprint density at radius 3 is 2.56 bits per heavy atom. The second-order valence-corrected chi connectivity index (χ2v) is 7.36. The molecule has 102 valence electrons. The lowest BCUT2D eigenvalue weighted by Gasteiger charge is -2.33. The van der Waals surface area contributed by atoms with E-state index < -0.39 is 16.9 Å². The molecular weight excluding hydrogens is 274 g/mol. The van der Waals surface area contributed by atoms with Crippen LogP contribution in [0.3, 0.4) is 0 Å². The highest BCUT2D eigenvalue weighted by Crippen LogP contribution is 2.39. The minimum atomic E-state index is -0.972. The van der Waals surface area contributed by atoms with Gasteiger partial charge in [0.15, 0.2) is 5.12 Å². The molecule has 5 nitrogen and oxygen atoms in total. The highest BCUT2D eigenvalue weighted by molar-refractivity contribution is 8.13. The van der Waals surface area contributed by atoms with Crippen LogP contribution in [0.5, 0.6) is 0 Å². The summed E-state index contributed by atoms with van der Waals surface area (Å²) >= 11 is 2.55. The Labute approximate surface area is 115 Å². The van der Waals surface area contributed by atoms with Gasteiger partial charge in [-0.2, -0.15) is 0 Å². The van der Waals surface area contributed by atoms with E-state index in [4.69, 9.17) is 5.11 Å². The number of hydrogen-bond acceptors (Lipinski definition) is 5. The Kier molecular flexibility index (Phi) is 5.10. The standard InChI is InChI=1S/C11H17NO4S2/c1-7(13)17-5-4-9(14)12-8(10(15)16)6-18-11(12,2)3/h8H,4-6H2,1-3H3,(H,15,16). The van der Waals surface area contributed by atoms with Gasteiger partial charge in [0.1, 0.15) is 6.04 Å². The monoisotopic (exact) mass is 291 g/mol. The lowest BCUT2D eigenvalue weighted by atomic mass is 10.2. The third-order valence-corrected chi connectivity index (χ3v) is 4.86. The smallest absolute Gasteiger partial charge is 0.327 e. The summed E-state index contributed by atoms with van der Waals surface area (Å²) in [5.74, 6) is -0.363. The number of carboxylic acids is 1. The SMILES string of the molecule is CC(=O)SCCC(=O)N1C(C(=O)O)CSC1(C)C. The molecule has 0 spiro atoms. The number of carbonyl (C=O) groups is 3. The molecule has 1 fully saturated rings. The minimum Gasteiger partial charge on any atom is -0.480 e. The van der Waals surface area contributed by atoms with Crippen LogP contribution in [0.15, 0.2) is 0 Å². The maximum Gasteiger partial charge on any atom is 0.327 e. The van der Waals surface area contributed by atoms with Gasteiger partial charge < -0.3 is 10.0 Å². The van der Waals surface area contributed by atoms with Crippen molar-refractivity contribution < 1.29 is 19.5 Å². The fourth-order valence-electron chi connectivity index (χ4n) is 1.86. The topological polar surface area (TPSA) is 74.7 Å². The fourth-order valence-corrected chi connectivity index (χ4v) is 3.65. The number of carbonyl (C=O) groups excluding carboxylic acids is 2. The molecule has 1 unspecified atom stereocenters. The van der Waals surface area contributed by atoms with E-state index in [-0.39, 0.29) is 17.4 Å². The molecule has 0 aromatic rings. The molecule has 1 aliphatic rings. The zero-order chi connectivity index (χ0) is 13.9. The summed E-state index contributed by atoms with van der Waals surface area (Å²) in [7, 11) is 0. The summed E-state index contributed by atoms with van der Waals surface area (Å²) < 4.78 is 0. The fraction of sp³-hybridized carbons (Fsp3) is 0.727. The van der Waals surface area contributed by atoms with E-state index in [0.29, 0.717) is 11.5 Å². The van der Waals surface area contributed by atoms with Gasteiger partial charge in [0.25, 0.3) is 0 Å². The highest BCUT2D eigenvalue weighted by atomic mass is 32.2. The first kappa shape index (κ1) is 15.4. The van der Waals surface area contributed by atoms with Crippen molar-refractivity contribution >= 4 is 40.5 Å². The summed E-state index contributed by atoms with van der Waals surface area (Å²) in [6.07, 6.45) is 0.192. The molecule has 1 N–H and O–H groups in total. The number of hydrogen-bond donors (Lipinski definition) is 1. The summed E-state index contributed by atoms with van der Waals surface area (Å²) in [6, 6.07) is -0.764. The number of amides is 1. The Hall–Kier alpha value is -0.690. The number of aliphatic carboxylic acids is 1. The van der Waals surface area contributed by atoms with E-state index >= 15 is 0 Å². The van der Waals surface area contributed by atoms with E-state index in [1.165, 1.54) is 23.6 Å². The Morgan fingerprint density at radius 1 is 1.44 bits per heavy atom. The van der Waals surface area contributed by atoms with Gasteiger partial charge in [-0.25, -0.2) is 4.79 Å². The Balaban J connectivity index is 2.67. The van der Waals surface area contributed by atoms with Crippen LogP contribution in [0.2, 0.25) is 0 Å². The van der Waals surface area contributed by atoms with Crippen LogP contribution in [0, 0.1) is 0 Å². The van der Waals surface area contributed by atoms with Crippen molar-refractivity contribution in [2.75, 3.05) is 11.5 Å². The second-order valence-electron chi connectivity index (χ2n) is 4.47. The van der Waals surface area contributed by atoms with Crippen molar-refractivity contribution in [3.63, 3.8) is 0 Å². The maximum absolute atomic E-state index is 12.1. The third-order valence-electron chi connectivity index (χ3n) is 2.66. The van der Waals surface area contributed by atoms with Crippen LogP contribution in [-0.2, 0) is 14.4 Å². The molecule has 0 aromatic carbocycles. The number of carboxylic acid groups (broad SMARTS) is 1. The molecule has 1 heterocycles. The van der Waals surface area contributed by atoms with E-state index in [9.17, 15) is 14.4 Å². The number of rotatable bonds is 4. The van der Waals surface area contributed by atoms with Crippen molar-refractivity contribution in [3.05, 3.63) is 0 Å². The number of nitrogens with zero attached hydrogens (tertiary/aromatic N) is 1. The lowest BCUT2D eigenvalue weighted by Crippen LogP contribution is -2.49. The van der Waals surface area contributed by atoms with Crippen LogP contribution >= 0.6 is 23.5 Å². The molecule has 0 radical (unpaired) electrons. The van der Waals surface area contributed by atoms with Gasteiger partial charge >= 0.3 is 5.97 Å². The average Bonchev–Trinajstić information content (AvgIpc) is 2.53. The second kappa shape index (κ2) is 5.97. The van der Waals surface area contributed by atoms with Crippen molar-refractivity contribution in [2.24, 2.45) is 0 Å². The highest BCUT2D eigenvalue weighted by Gasteiger charge is 2.46. The summed E-state index contributed by atoms with van der Waals surface area (Å²) in [5, 5.41) is 9.08. The van der Waals surface area contributed by atoms with Gasteiger partial charge in [0, 0.05) is 24.9 Å². The molecule has 1 rings (SSSR count). The maximum atomic E-state index is 12.1. The predicted molar refractivity (Wildman–Crippen MR) is 72.6 cm³/mol. The minimum absolute atomic E-state index is 0.0346. The molecule has 7 heteroatoms. The first-order valence-corrected chi connectivity index (χ1v) is 7.55. The first-order valence-electron chi connectivity index (χ1n) is 5.58. The van der Waals surface area contributed by atoms with E-state index in [2.05, 4.69) is 0 Å². The lowest BCUT2D eigenvalue weighted by molar-refractivity contribution is -0.150.